The summed E-state index contributed by atoms with van der Waals surface area (Å²) in [6, 6.07) is 4.81. The van der Waals surface area contributed by atoms with Gasteiger partial charge in [-0.3, -0.25) is 0 Å². The third-order valence-corrected chi connectivity index (χ3v) is 5.59. The molecule has 0 spiro atoms. The Kier molecular flexibility index (Phi) is 3.83. The highest BCUT2D eigenvalue weighted by molar-refractivity contribution is 9.10. The monoisotopic (exact) mass is 337 g/mol. The predicted octanol–water partition coefficient (Wildman–Crippen LogP) is 3.13. The molecule has 1 fully saturated rings. The molecule has 0 bridgehead atoms. The van der Waals surface area contributed by atoms with Crippen molar-refractivity contribution in [3.63, 3.8) is 0 Å². The van der Waals surface area contributed by atoms with E-state index in [9.17, 15) is 8.42 Å². The second-order valence-corrected chi connectivity index (χ2v) is 7.64. The molecular formula is C11H13BrClNO2S. The summed E-state index contributed by atoms with van der Waals surface area (Å²) < 4.78 is 26.7. The molecule has 0 heterocycles. The SMILES string of the molecule is CN(CC1CC1)S(=O)(=O)c1ccc(Br)cc1Cl. The lowest BCUT2D eigenvalue weighted by atomic mass is 10.4. The first-order valence-electron chi connectivity index (χ1n) is 5.32. The van der Waals surface area contributed by atoms with E-state index in [1.807, 2.05) is 0 Å². The van der Waals surface area contributed by atoms with Crippen LogP contribution in [-0.4, -0.2) is 26.3 Å². The molecule has 0 atom stereocenters. The molecule has 1 aromatic carbocycles. The summed E-state index contributed by atoms with van der Waals surface area (Å²) in [5.74, 6) is 0.518. The van der Waals surface area contributed by atoms with Crippen molar-refractivity contribution in [1.82, 2.24) is 4.31 Å². The molecule has 17 heavy (non-hydrogen) atoms. The van der Waals surface area contributed by atoms with Gasteiger partial charge in [0.15, 0.2) is 0 Å². The van der Waals surface area contributed by atoms with Crippen molar-refractivity contribution in [2.24, 2.45) is 5.92 Å². The van der Waals surface area contributed by atoms with Crippen molar-refractivity contribution in [1.29, 1.82) is 0 Å². The Morgan fingerprint density at radius 1 is 1.47 bits per heavy atom. The molecule has 1 saturated carbocycles. The van der Waals surface area contributed by atoms with E-state index < -0.39 is 10.0 Å². The van der Waals surface area contributed by atoms with Gasteiger partial charge in [0.2, 0.25) is 10.0 Å². The Bertz CT molecular complexity index is 528. The zero-order chi connectivity index (χ0) is 12.6. The van der Waals surface area contributed by atoms with E-state index in [2.05, 4.69) is 15.9 Å². The Hall–Kier alpha value is -0.100. The van der Waals surface area contributed by atoms with Crippen LogP contribution in [-0.2, 0) is 10.0 Å². The molecule has 2 rings (SSSR count). The Morgan fingerprint density at radius 3 is 2.65 bits per heavy atom. The summed E-state index contributed by atoms with van der Waals surface area (Å²) in [5.41, 5.74) is 0. The standard InChI is InChI=1S/C11H13BrClNO2S/c1-14(7-8-2-3-8)17(15,16)11-5-4-9(12)6-10(11)13/h4-6,8H,2-3,7H2,1H3. The smallest absolute Gasteiger partial charge is 0.207 e. The molecule has 0 aromatic heterocycles. The summed E-state index contributed by atoms with van der Waals surface area (Å²) in [4.78, 5) is 0.172. The van der Waals surface area contributed by atoms with Gasteiger partial charge < -0.3 is 0 Å². The van der Waals surface area contributed by atoms with Crippen molar-refractivity contribution < 1.29 is 8.42 Å². The highest BCUT2D eigenvalue weighted by atomic mass is 79.9. The van der Waals surface area contributed by atoms with E-state index in [0.29, 0.717) is 12.5 Å². The summed E-state index contributed by atoms with van der Waals surface area (Å²) in [6.45, 7) is 0.578. The first kappa shape index (κ1) is 13.3. The minimum Gasteiger partial charge on any atom is -0.207 e. The van der Waals surface area contributed by atoms with Crippen LogP contribution in [0.2, 0.25) is 5.02 Å². The van der Waals surface area contributed by atoms with Crippen molar-refractivity contribution in [3.8, 4) is 0 Å². The van der Waals surface area contributed by atoms with Gasteiger partial charge in [0.05, 0.1) is 5.02 Å². The normalized spacial score (nSPS) is 16.5. The van der Waals surface area contributed by atoms with Gasteiger partial charge in [0.25, 0.3) is 0 Å². The van der Waals surface area contributed by atoms with Gasteiger partial charge in [-0.05, 0) is 37.0 Å². The van der Waals surface area contributed by atoms with Gasteiger partial charge in [-0.25, -0.2) is 12.7 Å². The van der Waals surface area contributed by atoms with E-state index >= 15 is 0 Å². The maximum absolute atomic E-state index is 12.3. The summed E-state index contributed by atoms with van der Waals surface area (Å²) in [6.07, 6.45) is 2.24. The van der Waals surface area contributed by atoms with Gasteiger partial charge in [0, 0.05) is 18.1 Å². The van der Waals surface area contributed by atoms with Crippen LogP contribution in [0.3, 0.4) is 0 Å². The molecular weight excluding hydrogens is 326 g/mol. The number of benzene rings is 1. The fraction of sp³-hybridized carbons (Fsp3) is 0.455. The first-order chi connectivity index (χ1) is 7.91. The third kappa shape index (κ3) is 3.02. The summed E-state index contributed by atoms with van der Waals surface area (Å²) in [7, 11) is -1.86. The molecule has 0 radical (unpaired) electrons. The van der Waals surface area contributed by atoms with E-state index in [-0.39, 0.29) is 9.92 Å². The molecule has 6 heteroatoms. The van der Waals surface area contributed by atoms with E-state index in [1.54, 1.807) is 19.2 Å². The van der Waals surface area contributed by atoms with Crippen LogP contribution >= 0.6 is 27.5 Å². The lowest BCUT2D eigenvalue weighted by molar-refractivity contribution is 0.453. The lowest BCUT2D eigenvalue weighted by Gasteiger charge is -2.17. The predicted molar refractivity (Wildman–Crippen MR) is 71.7 cm³/mol. The summed E-state index contributed by atoms with van der Waals surface area (Å²) >= 11 is 9.23. The Labute approximate surface area is 115 Å². The van der Waals surface area contributed by atoms with Gasteiger partial charge in [-0.15, -0.1) is 0 Å². The number of sulfonamides is 1. The van der Waals surface area contributed by atoms with Crippen LogP contribution in [0.4, 0.5) is 0 Å². The molecule has 0 aliphatic heterocycles. The Balaban J connectivity index is 2.29. The van der Waals surface area contributed by atoms with E-state index in [0.717, 1.165) is 17.3 Å². The molecule has 0 N–H and O–H groups in total. The molecule has 1 aliphatic carbocycles. The van der Waals surface area contributed by atoms with Crippen molar-refractivity contribution >= 4 is 37.6 Å². The number of hydrogen-bond donors (Lipinski definition) is 0. The van der Waals surface area contributed by atoms with Crippen molar-refractivity contribution in [2.45, 2.75) is 17.7 Å². The number of rotatable bonds is 4. The fourth-order valence-electron chi connectivity index (χ4n) is 1.61. The van der Waals surface area contributed by atoms with Crippen LogP contribution in [0.25, 0.3) is 0 Å². The largest absolute Gasteiger partial charge is 0.244 e. The minimum atomic E-state index is -3.46. The first-order valence-corrected chi connectivity index (χ1v) is 7.94. The maximum Gasteiger partial charge on any atom is 0.244 e. The van der Waals surface area contributed by atoms with Crippen LogP contribution in [0.1, 0.15) is 12.8 Å². The minimum absolute atomic E-state index is 0.172. The topological polar surface area (TPSA) is 37.4 Å². The third-order valence-electron chi connectivity index (χ3n) is 2.79. The van der Waals surface area contributed by atoms with Crippen molar-refractivity contribution in [2.75, 3.05) is 13.6 Å². The number of halogens is 2. The lowest BCUT2D eigenvalue weighted by Crippen LogP contribution is -2.29. The molecule has 3 nitrogen and oxygen atoms in total. The van der Waals surface area contributed by atoms with Crippen LogP contribution in [0, 0.1) is 5.92 Å². The zero-order valence-corrected chi connectivity index (χ0v) is 12.5. The second kappa shape index (κ2) is 4.88. The average molecular weight is 339 g/mol. The maximum atomic E-state index is 12.3. The molecule has 94 valence electrons. The summed E-state index contributed by atoms with van der Waals surface area (Å²) in [5, 5.41) is 0.252. The number of hydrogen-bond acceptors (Lipinski definition) is 2. The fourth-order valence-corrected chi connectivity index (χ4v) is 3.87. The van der Waals surface area contributed by atoms with Gasteiger partial charge in [0.1, 0.15) is 4.90 Å². The molecule has 1 aliphatic rings. The van der Waals surface area contributed by atoms with Gasteiger partial charge >= 0.3 is 0 Å². The number of nitrogens with zero attached hydrogens (tertiary/aromatic N) is 1. The second-order valence-electron chi connectivity index (χ2n) is 4.30. The zero-order valence-electron chi connectivity index (χ0n) is 9.36. The van der Waals surface area contributed by atoms with E-state index in [1.165, 1.54) is 10.4 Å². The van der Waals surface area contributed by atoms with Crippen molar-refractivity contribution in [3.05, 3.63) is 27.7 Å². The molecule has 0 unspecified atom stereocenters. The molecule has 0 amide bonds. The van der Waals surface area contributed by atoms with Crippen LogP contribution in [0.5, 0.6) is 0 Å². The highest BCUT2D eigenvalue weighted by Crippen LogP contribution is 2.32. The van der Waals surface area contributed by atoms with Crippen LogP contribution < -0.4 is 0 Å². The van der Waals surface area contributed by atoms with Gasteiger partial charge in [-0.2, -0.15) is 0 Å². The Morgan fingerprint density at radius 2 is 2.12 bits per heavy atom. The molecule has 1 aromatic rings. The van der Waals surface area contributed by atoms with Crippen LogP contribution in [0.15, 0.2) is 27.6 Å². The van der Waals surface area contributed by atoms with E-state index in [4.69, 9.17) is 11.6 Å². The molecule has 0 saturated heterocycles. The average Bonchev–Trinajstić information content (AvgIpc) is 3.00. The van der Waals surface area contributed by atoms with Gasteiger partial charge in [-0.1, -0.05) is 27.5 Å². The highest BCUT2D eigenvalue weighted by Gasteiger charge is 2.30. The quantitative estimate of drug-likeness (QED) is 0.846.